The fourth-order valence-electron chi connectivity index (χ4n) is 2.51. The molecule has 0 saturated heterocycles. The molecule has 5 nitrogen and oxygen atoms in total. The fraction of sp³-hybridized carbons (Fsp3) is 0.421. The lowest BCUT2D eigenvalue weighted by atomic mass is 9.87. The number of hydrogen-bond acceptors (Lipinski definition) is 3. The van der Waals surface area contributed by atoms with Gasteiger partial charge in [0, 0.05) is 17.3 Å². The predicted molar refractivity (Wildman–Crippen MR) is 95.0 cm³/mol. The standard InChI is InChI=1S/C19H24N4O/c1-19(2,3)14-6-8-15(9-7-14)23-18(24)20-11-16-10-17(13-4-5-13)22-12-21-16/h6-10,12-13H,4-5,11H2,1-3H3,(H2,20,23,24). The number of carbonyl (C=O) groups is 1. The SMILES string of the molecule is CC(C)(C)c1ccc(NC(=O)NCc2cc(C3CC3)ncn2)cc1. The highest BCUT2D eigenvalue weighted by Crippen LogP contribution is 2.38. The summed E-state index contributed by atoms with van der Waals surface area (Å²) in [5.74, 6) is 0.585. The van der Waals surface area contributed by atoms with Crippen LogP contribution in [0.25, 0.3) is 0 Å². The first-order chi connectivity index (χ1) is 11.4. The highest BCUT2D eigenvalue weighted by Gasteiger charge is 2.25. The van der Waals surface area contributed by atoms with E-state index in [2.05, 4.69) is 41.4 Å². The highest BCUT2D eigenvalue weighted by molar-refractivity contribution is 5.89. The lowest BCUT2D eigenvalue weighted by Crippen LogP contribution is -2.28. The maximum absolute atomic E-state index is 12.0. The molecule has 0 spiro atoms. The van der Waals surface area contributed by atoms with Gasteiger partial charge in [-0.15, -0.1) is 0 Å². The molecule has 1 heterocycles. The molecule has 24 heavy (non-hydrogen) atoms. The van der Waals surface area contributed by atoms with Crippen LogP contribution in [-0.2, 0) is 12.0 Å². The molecule has 2 N–H and O–H groups in total. The van der Waals surface area contributed by atoms with Gasteiger partial charge in [-0.2, -0.15) is 0 Å². The number of nitrogens with zero attached hydrogens (tertiary/aromatic N) is 2. The van der Waals surface area contributed by atoms with Crippen LogP contribution in [0.3, 0.4) is 0 Å². The Hall–Kier alpha value is -2.43. The Kier molecular flexibility index (Phi) is 4.51. The Morgan fingerprint density at radius 2 is 1.88 bits per heavy atom. The van der Waals surface area contributed by atoms with Gasteiger partial charge in [-0.05, 0) is 42.0 Å². The fourth-order valence-corrected chi connectivity index (χ4v) is 2.51. The van der Waals surface area contributed by atoms with Crippen molar-refractivity contribution in [3.8, 4) is 0 Å². The van der Waals surface area contributed by atoms with Crippen LogP contribution in [0.5, 0.6) is 0 Å². The minimum Gasteiger partial charge on any atom is -0.332 e. The first kappa shape index (κ1) is 16.4. The number of amides is 2. The molecule has 0 aliphatic heterocycles. The van der Waals surface area contributed by atoms with E-state index in [0.29, 0.717) is 12.5 Å². The van der Waals surface area contributed by atoms with Gasteiger partial charge < -0.3 is 10.6 Å². The van der Waals surface area contributed by atoms with E-state index in [1.165, 1.54) is 18.4 Å². The van der Waals surface area contributed by atoms with E-state index < -0.39 is 0 Å². The van der Waals surface area contributed by atoms with Gasteiger partial charge in [0.25, 0.3) is 0 Å². The van der Waals surface area contributed by atoms with E-state index in [9.17, 15) is 4.79 Å². The number of hydrogen-bond donors (Lipinski definition) is 2. The number of urea groups is 1. The van der Waals surface area contributed by atoms with Crippen molar-refractivity contribution in [1.29, 1.82) is 0 Å². The van der Waals surface area contributed by atoms with Gasteiger partial charge in [-0.3, -0.25) is 0 Å². The van der Waals surface area contributed by atoms with E-state index >= 15 is 0 Å². The van der Waals surface area contributed by atoms with Gasteiger partial charge in [-0.1, -0.05) is 32.9 Å². The van der Waals surface area contributed by atoms with Crippen LogP contribution < -0.4 is 10.6 Å². The van der Waals surface area contributed by atoms with Crippen molar-refractivity contribution >= 4 is 11.7 Å². The quantitative estimate of drug-likeness (QED) is 0.894. The summed E-state index contributed by atoms with van der Waals surface area (Å²) in [5.41, 5.74) is 4.04. The summed E-state index contributed by atoms with van der Waals surface area (Å²) in [6, 6.07) is 9.69. The average Bonchev–Trinajstić information content (AvgIpc) is 3.38. The third-order valence-electron chi connectivity index (χ3n) is 4.18. The zero-order chi connectivity index (χ0) is 17.2. The van der Waals surface area contributed by atoms with Crippen molar-refractivity contribution < 1.29 is 4.79 Å². The minimum absolute atomic E-state index is 0.104. The lowest BCUT2D eigenvalue weighted by Gasteiger charge is -2.19. The second kappa shape index (κ2) is 6.59. The molecular formula is C19H24N4O. The zero-order valence-electron chi connectivity index (χ0n) is 14.5. The summed E-state index contributed by atoms with van der Waals surface area (Å²) in [6.07, 6.45) is 3.98. The minimum atomic E-state index is -0.231. The van der Waals surface area contributed by atoms with Crippen molar-refractivity contribution in [2.75, 3.05) is 5.32 Å². The molecule has 0 radical (unpaired) electrons. The Morgan fingerprint density at radius 3 is 2.50 bits per heavy atom. The van der Waals surface area contributed by atoms with Crippen LogP contribution in [0.15, 0.2) is 36.7 Å². The number of aromatic nitrogens is 2. The average molecular weight is 324 g/mol. The van der Waals surface area contributed by atoms with Gasteiger partial charge in [0.1, 0.15) is 6.33 Å². The normalized spacial score (nSPS) is 14.3. The van der Waals surface area contributed by atoms with E-state index in [0.717, 1.165) is 17.1 Å². The predicted octanol–water partition coefficient (Wildman–Crippen LogP) is 3.97. The molecular weight excluding hydrogens is 300 g/mol. The third-order valence-corrected chi connectivity index (χ3v) is 4.18. The molecule has 1 aromatic heterocycles. The van der Waals surface area contributed by atoms with Gasteiger partial charge >= 0.3 is 6.03 Å². The van der Waals surface area contributed by atoms with Crippen molar-refractivity contribution in [2.45, 2.75) is 51.5 Å². The zero-order valence-corrected chi connectivity index (χ0v) is 14.5. The van der Waals surface area contributed by atoms with E-state index in [1.807, 2.05) is 30.3 Å². The van der Waals surface area contributed by atoms with E-state index in [4.69, 9.17) is 0 Å². The number of rotatable bonds is 4. The summed E-state index contributed by atoms with van der Waals surface area (Å²) in [5, 5.41) is 5.69. The molecule has 2 aromatic rings. The molecule has 1 aromatic carbocycles. The molecule has 1 fully saturated rings. The van der Waals surface area contributed by atoms with Crippen LogP contribution in [0.1, 0.15) is 56.5 Å². The molecule has 0 atom stereocenters. The van der Waals surface area contributed by atoms with Gasteiger partial charge in [-0.25, -0.2) is 14.8 Å². The van der Waals surface area contributed by atoms with E-state index in [-0.39, 0.29) is 11.4 Å². The van der Waals surface area contributed by atoms with Crippen LogP contribution in [-0.4, -0.2) is 16.0 Å². The van der Waals surface area contributed by atoms with Crippen LogP contribution >= 0.6 is 0 Å². The summed E-state index contributed by atoms with van der Waals surface area (Å²) >= 11 is 0. The molecule has 1 saturated carbocycles. The molecule has 2 amide bonds. The third kappa shape index (κ3) is 4.31. The lowest BCUT2D eigenvalue weighted by molar-refractivity contribution is 0.251. The topological polar surface area (TPSA) is 66.9 Å². The maximum atomic E-state index is 12.0. The van der Waals surface area contributed by atoms with Crippen molar-refractivity contribution in [2.24, 2.45) is 0 Å². The number of nitrogens with one attached hydrogen (secondary N) is 2. The van der Waals surface area contributed by atoms with Crippen molar-refractivity contribution in [3.05, 3.63) is 53.6 Å². The van der Waals surface area contributed by atoms with Crippen LogP contribution in [0.4, 0.5) is 10.5 Å². The van der Waals surface area contributed by atoms with Crippen LogP contribution in [0, 0.1) is 0 Å². The van der Waals surface area contributed by atoms with Gasteiger partial charge in [0.2, 0.25) is 0 Å². The number of anilines is 1. The molecule has 0 bridgehead atoms. The summed E-state index contributed by atoms with van der Waals surface area (Å²) < 4.78 is 0. The molecule has 1 aliphatic rings. The van der Waals surface area contributed by atoms with E-state index in [1.54, 1.807) is 6.33 Å². The van der Waals surface area contributed by atoms with Crippen molar-refractivity contribution in [1.82, 2.24) is 15.3 Å². The second-order valence-electron chi connectivity index (χ2n) is 7.34. The molecule has 3 rings (SSSR count). The monoisotopic (exact) mass is 324 g/mol. The Bertz CT molecular complexity index is 715. The molecule has 0 unspecified atom stereocenters. The Labute approximate surface area is 142 Å². The first-order valence-electron chi connectivity index (χ1n) is 8.38. The Morgan fingerprint density at radius 1 is 1.17 bits per heavy atom. The smallest absolute Gasteiger partial charge is 0.319 e. The second-order valence-corrected chi connectivity index (χ2v) is 7.34. The molecule has 5 heteroatoms. The van der Waals surface area contributed by atoms with Gasteiger partial charge in [0.15, 0.2) is 0 Å². The number of benzene rings is 1. The Balaban J connectivity index is 1.53. The van der Waals surface area contributed by atoms with Crippen LogP contribution in [0.2, 0.25) is 0 Å². The molecule has 126 valence electrons. The summed E-state index contributed by atoms with van der Waals surface area (Å²) in [4.78, 5) is 20.5. The summed E-state index contributed by atoms with van der Waals surface area (Å²) in [7, 11) is 0. The maximum Gasteiger partial charge on any atom is 0.319 e. The molecule has 1 aliphatic carbocycles. The summed E-state index contributed by atoms with van der Waals surface area (Å²) in [6.45, 7) is 6.90. The van der Waals surface area contributed by atoms with Crippen molar-refractivity contribution in [3.63, 3.8) is 0 Å². The van der Waals surface area contributed by atoms with Gasteiger partial charge in [0.05, 0.1) is 12.2 Å². The first-order valence-corrected chi connectivity index (χ1v) is 8.38. The highest BCUT2D eigenvalue weighted by atomic mass is 16.2. The largest absolute Gasteiger partial charge is 0.332 e. The number of carbonyl (C=O) groups excluding carboxylic acids is 1.